The Morgan fingerprint density at radius 1 is 0.738 bits per heavy atom. The van der Waals surface area contributed by atoms with Crippen LogP contribution in [0.4, 0.5) is 4.79 Å². The van der Waals surface area contributed by atoms with Crippen molar-refractivity contribution in [3.8, 4) is 0 Å². The number of ether oxygens (including phenoxy) is 2. The number of unbranched alkanes of at least 4 members (excludes halogenated alkanes) is 14. The first-order chi connectivity index (χ1) is 20.3. The first kappa shape index (κ1) is 37.6. The number of aliphatic hydroxyl groups excluding tert-OH is 2. The summed E-state index contributed by atoms with van der Waals surface area (Å²) in [6.45, 7) is 5.20. The maximum atomic E-state index is 12.8. The smallest absolute Gasteiger partial charge is 0.408 e. The van der Waals surface area contributed by atoms with Crippen molar-refractivity contribution in [2.45, 2.75) is 148 Å². The second-order valence-corrected chi connectivity index (χ2v) is 11.7. The third-order valence-electron chi connectivity index (χ3n) is 7.51. The number of alkyl carbamates (subject to hydrolysis) is 1. The van der Waals surface area contributed by atoms with Crippen molar-refractivity contribution in [2.24, 2.45) is 5.92 Å². The zero-order valence-corrected chi connectivity index (χ0v) is 26.4. The topological polar surface area (TPSA) is 122 Å². The Kier molecular flexibility index (Phi) is 21.5. The minimum Gasteiger partial charge on any atom is -0.463 e. The molecule has 3 N–H and O–H groups in total. The highest BCUT2D eigenvalue weighted by Crippen LogP contribution is 2.14. The van der Waals surface area contributed by atoms with E-state index >= 15 is 0 Å². The number of benzene rings is 1. The number of nitrogens with one attached hydrogen (secondary N) is 1. The molecule has 3 atom stereocenters. The van der Waals surface area contributed by atoms with Gasteiger partial charge < -0.3 is 25.0 Å². The average molecular weight is 592 g/mol. The van der Waals surface area contributed by atoms with E-state index in [1.807, 2.05) is 18.2 Å². The Balaban J connectivity index is 2.15. The number of hydrogen-bond donors (Lipinski definition) is 3. The molecule has 8 nitrogen and oxygen atoms in total. The van der Waals surface area contributed by atoms with E-state index in [0.29, 0.717) is 6.42 Å². The quantitative estimate of drug-likeness (QED) is 0.0824. The zero-order chi connectivity index (χ0) is 31.0. The second kappa shape index (κ2) is 24.0. The normalized spacial score (nSPS) is 13.4. The van der Waals surface area contributed by atoms with E-state index in [0.717, 1.165) is 18.4 Å². The minimum absolute atomic E-state index is 0.0339. The van der Waals surface area contributed by atoms with Crippen molar-refractivity contribution in [1.82, 2.24) is 5.32 Å². The Morgan fingerprint density at radius 2 is 1.24 bits per heavy atom. The van der Waals surface area contributed by atoms with Gasteiger partial charge in [-0.1, -0.05) is 141 Å². The molecular formula is C34H57NO7. The Labute approximate surface area is 253 Å². The van der Waals surface area contributed by atoms with Crippen molar-refractivity contribution < 1.29 is 34.1 Å². The number of esters is 1. The predicted octanol–water partition coefficient (Wildman–Crippen LogP) is 7.03. The van der Waals surface area contributed by atoms with Crippen LogP contribution in [-0.2, 0) is 25.7 Å². The van der Waals surface area contributed by atoms with Gasteiger partial charge in [0.05, 0.1) is 6.04 Å². The molecular weight excluding hydrogens is 534 g/mol. The number of carbonyl (C=O) groups is 3. The predicted molar refractivity (Wildman–Crippen MR) is 166 cm³/mol. The molecule has 2 unspecified atom stereocenters. The number of carbonyl (C=O) groups excluding carboxylic acids is 3. The summed E-state index contributed by atoms with van der Waals surface area (Å²) in [5, 5.41) is 23.1. The molecule has 0 aliphatic rings. The molecule has 0 heterocycles. The van der Waals surface area contributed by atoms with Crippen LogP contribution in [0, 0.1) is 5.92 Å². The van der Waals surface area contributed by atoms with Gasteiger partial charge in [-0.25, -0.2) is 4.79 Å². The van der Waals surface area contributed by atoms with Gasteiger partial charge in [-0.3, -0.25) is 9.59 Å². The van der Waals surface area contributed by atoms with Crippen molar-refractivity contribution >= 4 is 17.8 Å². The molecule has 0 fully saturated rings. The SMILES string of the molecule is CCCCCCCCCCCCCCCCCC(=O)OCC(O)C(O)C(=O)[C@@H](NC(=O)OCc1ccccc1)C(C)C. The molecule has 1 rings (SSSR count). The summed E-state index contributed by atoms with van der Waals surface area (Å²) in [7, 11) is 0. The molecule has 0 saturated heterocycles. The van der Waals surface area contributed by atoms with E-state index in [4.69, 9.17) is 9.47 Å². The summed E-state index contributed by atoms with van der Waals surface area (Å²) < 4.78 is 10.3. The zero-order valence-electron chi connectivity index (χ0n) is 26.4. The maximum Gasteiger partial charge on any atom is 0.408 e. The van der Waals surface area contributed by atoms with Crippen molar-refractivity contribution in [2.75, 3.05) is 6.61 Å². The van der Waals surface area contributed by atoms with Crippen LogP contribution < -0.4 is 5.32 Å². The average Bonchev–Trinajstić information content (AvgIpc) is 2.99. The van der Waals surface area contributed by atoms with Crippen LogP contribution in [0.15, 0.2) is 30.3 Å². The summed E-state index contributed by atoms with van der Waals surface area (Å²) >= 11 is 0. The number of ketones is 1. The number of aliphatic hydroxyl groups is 2. The molecule has 0 aliphatic carbocycles. The monoisotopic (exact) mass is 591 g/mol. The molecule has 8 heteroatoms. The van der Waals surface area contributed by atoms with Crippen LogP contribution >= 0.6 is 0 Å². The highest BCUT2D eigenvalue weighted by atomic mass is 16.6. The van der Waals surface area contributed by atoms with E-state index in [2.05, 4.69) is 12.2 Å². The van der Waals surface area contributed by atoms with Crippen LogP contribution in [0.1, 0.15) is 129 Å². The fraction of sp³-hybridized carbons (Fsp3) is 0.735. The van der Waals surface area contributed by atoms with Crippen LogP contribution in [0.3, 0.4) is 0 Å². The second-order valence-electron chi connectivity index (χ2n) is 11.7. The highest BCUT2D eigenvalue weighted by molar-refractivity contribution is 5.91. The van der Waals surface area contributed by atoms with Crippen molar-refractivity contribution in [3.63, 3.8) is 0 Å². The standard InChI is InChI=1S/C34H57NO7/c1-4-5-6-7-8-9-10-11-12-13-14-15-16-17-21-24-30(37)41-26-29(36)32(38)33(39)31(27(2)3)35-34(40)42-25-28-22-19-18-20-23-28/h18-20,22-23,27,29,31-32,36,38H,4-17,21,24-26H2,1-3H3,(H,35,40)/t29?,31-,32?/m0/s1. The summed E-state index contributed by atoms with van der Waals surface area (Å²) in [6, 6.07) is 8.03. The summed E-state index contributed by atoms with van der Waals surface area (Å²) in [6.07, 6.45) is 14.6. The minimum atomic E-state index is -1.81. The summed E-state index contributed by atoms with van der Waals surface area (Å²) in [5.41, 5.74) is 0.793. The van der Waals surface area contributed by atoms with Gasteiger partial charge in [-0.15, -0.1) is 0 Å². The lowest BCUT2D eigenvalue weighted by molar-refractivity contribution is -0.153. The third-order valence-corrected chi connectivity index (χ3v) is 7.51. The van der Waals surface area contributed by atoms with E-state index in [-0.39, 0.29) is 18.9 Å². The Bertz CT molecular complexity index is 846. The van der Waals surface area contributed by atoms with Gasteiger partial charge in [0.1, 0.15) is 25.4 Å². The Hall–Kier alpha value is -2.45. The molecule has 1 aromatic rings. The van der Waals surface area contributed by atoms with Crippen LogP contribution in [0.2, 0.25) is 0 Å². The van der Waals surface area contributed by atoms with Gasteiger partial charge in [-0.2, -0.15) is 0 Å². The molecule has 0 bridgehead atoms. The summed E-state index contributed by atoms with van der Waals surface area (Å²) in [4.78, 5) is 37.1. The number of rotatable bonds is 25. The lowest BCUT2D eigenvalue weighted by atomic mass is 9.94. The van der Waals surface area contributed by atoms with Crippen LogP contribution in [0.5, 0.6) is 0 Å². The molecule has 0 saturated carbocycles. The molecule has 1 aromatic carbocycles. The van der Waals surface area contributed by atoms with Crippen molar-refractivity contribution in [1.29, 1.82) is 0 Å². The fourth-order valence-corrected chi connectivity index (χ4v) is 4.81. The van der Waals surface area contributed by atoms with Gasteiger partial charge in [0.25, 0.3) is 0 Å². The highest BCUT2D eigenvalue weighted by Gasteiger charge is 2.34. The van der Waals surface area contributed by atoms with E-state index in [9.17, 15) is 24.6 Å². The molecule has 0 spiro atoms. The number of Topliss-reactive ketones (excluding diaryl/α,β-unsaturated/α-hetero) is 1. The van der Waals surface area contributed by atoms with Gasteiger partial charge in [0.15, 0.2) is 5.78 Å². The van der Waals surface area contributed by atoms with Crippen molar-refractivity contribution in [3.05, 3.63) is 35.9 Å². The molecule has 0 aliphatic heterocycles. The number of amides is 1. The maximum absolute atomic E-state index is 12.8. The lowest BCUT2D eigenvalue weighted by Gasteiger charge is -2.25. The molecule has 1 amide bonds. The van der Waals surface area contributed by atoms with Gasteiger partial charge in [-0.05, 0) is 17.9 Å². The Morgan fingerprint density at radius 3 is 1.74 bits per heavy atom. The van der Waals surface area contributed by atoms with E-state index in [1.54, 1.807) is 26.0 Å². The van der Waals surface area contributed by atoms with E-state index < -0.39 is 42.7 Å². The molecule has 0 radical (unpaired) electrons. The summed E-state index contributed by atoms with van der Waals surface area (Å²) in [5.74, 6) is -1.60. The molecule has 240 valence electrons. The number of hydrogen-bond acceptors (Lipinski definition) is 7. The first-order valence-corrected chi connectivity index (χ1v) is 16.3. The van der Waals surface area contributed by atoms with Crippen LogP contribution in [0.25, 0.3) is 0 Å². The first-order valence-electron chi connectivity index (χ1n) is 16.3. The van der Waals surface area contributed by atoms with Gasteiger partial charge in [0.2, 0.25) is 0 Å². The molecule has 0 aromatic heterocycles. The fourth-order valence-electron chi connectivity index (χ4n) is 4.81. The largest absolute Gasteiger partial charge is 0.463 e. The van der Waals surface area contributed by atoms with Gasteiger partial charge >= 0.3 is 12.1 Å². The third kappa shape index (κ3) is 18.2. The molecule has 42 heavy (non-hydrogen) atoms. The lowest BCUT2D eigenvalue weighted by Crippen LogP contribution is -2.52. The van der Waals surface area contributed by atoms with Crippen LogP contribution in [-0.4, -0.2) is 52.9 Å². The van der Waals surface area contributed by atoms with Gasteiger partial charge in [0, 0.05) is 6.42 Å². The van der Waals surface area contributed by atoms with E-state index in [1.165, 1.54) is 77.0 Å².